The van der Waals surface area contributed by atoms with E-state index in [1.807, 2.05) is 6.92 Å². The Labute approximate surface area is 105 Å². The van der Waals surface area contributed by atoms with Crippen LogP contribution >= 0.6 is 11.3 Å². The molecule has 5 nitrogen and oxygen atoms in total. The maximum Gasteiger partial charge on any atom is 0.347 e. The highest BCUT2D eigenvalue weighted by Crippen LogP contribution is 2.21. The van der Waals surface area contributed by atoms with E-state index in [1.54, 1.807) is 0 Å². The molecule has 0 aliphatic heterocycles. The zero-order chi connectivity index (χ0) is 12.9. The number of carboxylic acid groups (broad SMARTS) is 1. The molecule has 0 bridgehead atoms. The van der Waals surface area contributed by atoms with Gasteiger partial charge in [0, 0.05) is 6.54 Å². The molecule has 0 unspecified atom stereocenters. The van der Waals surface area contributed by atoms with Gasteiger partial charge in [-0.2, -0.15) is 0 Å². The minimum Gasteiger partial charge on any atom is -0.477 e. The summed E-state index contributed by atoms with van der Waals surface area (Å²) in [6.07, 6.45) is 2.70. The molecule has 1 rings (SSSR count). The molecule has 0 spiro atoms. The smallest absolute Gasteiger partial charge is 0.347 e. The number of carbonyl (C=O) groups is 1. The monoisotopic (exact) mass is 277 g/mol. The lowest BCUT2D eigenvalue weighted by Crippen LogP contribution is -2.25. The standard InChI is InChI=1S/C10H15NO4S2/c1-2-3-4-6-11-17(14,15)8-5-7-16-9(8)10(12)13/h5,7,11H,2-4,6H2,1H3,(H,12,13). The lowest BCUT2D eigenvalue weighted by molar-refractivity contribution is 0.0698. The van der Waals surface area contributed by atoms with Crippen LogP contribution in [0.2, 0.25) is 0 Å². The molecule has 0 radical (unpaired) electrons. The molecule has 7 heteroatoms. The van der Waals surface area contributed by atoms with Gasteiger partial charge in [-0.1, -0.05) is 19.8 Å². The van der Waals surface area contributed by atoms with Crippen molar-refractivity contribution in [3.63, 3.8) is 0 Å². The Morgan fingerprint density at radius 3 is 2.76 bits per heavy atom. The molecule has 0 atom stereocenters. The quantitative estimate of drug-likeness (QED) is 0.746. The molecule has 1 heterocycles. The molecule has 0 saturated carbocycles. The topological polar surface area (TPSA) is 83.5 Å². The lowest BCUT2D eigenvalue weighted by atomic mass is 10.3. The van der Waals surface area contributed by atoms with Gasteiger partial charge in [0.1, 0.15) is 9.77 Å². The largest absolute Gasteiger partial charge is 0.477 e. The SMILES string of the molecule is CCCCCNS(=O)(=O)c1ccsc1C(=O)O. The third-order valence-corrected chi connectivity index (χ3v) is 4.72. The van der Waals surface area contributed by atoms with E-state index in [9.17, 15) is 13.2 Å². The van der Waals surface area contributed by atoms with Gasteiger partial charge in [-0.25, -0.2) is 17.9 Å². The van der Waals surface area contributed by atoms with Crippen LogP contribution in [0.4, 0.5) is 0 Å². The predicted molar refractivity (Wildman–Crippen MR) is 66.0 cm³/mol. The second kappa shape index (κ2) is 6.13. The van der Waals surface area contributed by atoms with Crippen molar-refractivity contribution in [2.75, 3.05) is 6.54 Å². The second-order valence-corrected chi connectivity index (χ2v) is 6.18. The molecule has 1 aromatic heterocycles. The number of carboxylic acids is 1. The Kier molecular flexibility index (Phi) is 5.10. The Hall–Kier alpha value is -0.920. The van der Waals surface area contributed by atoms with Gasteiger partial charge >= 0.3 is 5.97 Å². The van der Waals surface area contributed by atoms with Gasteiger partial charge < -0.3 is 5.11 Å². The fraction of sp³-hybridized carbons (Fsp3) is 0.500. The molecule has 0 aliphatic carbocycles. The molecular weight excluding hydrogens is 262 g/mol. The molecule has 0 aliphatic rings. The van der Waals surface area contributed by atoms with Crippen LogP contribution in [-0.4, -0.2) is 26.0 Å². The number of rotatable bonds is 7. The Balaban J connectivity index is 2.76. The second-order valence-electron chi connectivity index (χ2n) is 3.52. The number of nitrogens with one attached hydrogen (secondary N) is 1. The molecule has 96 valence electrons. The molecular formula is C10H15NO4S2. The summed E-state index contributed by atoms with van der Waals surface area (Å²) in [5, 5.41) is 10.3. The van der Waals surface area contributed by atoms with Gasteiger partial charge in [0.05, 0.1) is 0 Å². The van der Waals surface area contributed by atoms with E-state index in [2.05, 4.69) is 4.72 Å². The van der Waals surface area contributed by atoms with Gasteiger partial charge in [-0.3, -0.25) is 0 Å². The van der Waals surface area contributed by atoms with Crippen molar-refractivity contribution in [3.8, 4) is 0 Å². The summed E-state index contributed by atoms with van der Waals surface area (Å²) in [7, 11) is -3.69. The van der Waals surface area contributed by atoms with Crippen LogP contribution in [0.15, 0.2) is 16.3 Å². The maximum absolute atomic E-state index is 11.8. The minimum absolute atomic E-state index is 0.145. The van der Waals surface area contributed by atoms with E-state index in [1.165, 1.54) is 11.4 Å². The van der Waals surface area contributed by atoms with E-state index >= 15 is 0 Å². The van der Waals surface area contributed by atoms with Crippen LogP contribution < -0.4 is 4.72 Å². The Morgan fingerprint density at radius 2 is 2.18 bits per heavy atom. The van der Waals surface area contributed by atoms with E-state index < -0.39 is 16.0 Å². The molecule has 1 aromatic rings. The zero-order valence-corrected chi connectivity index (χ0v) is 11.1. The molecule has 2 N–H and O–H groups in total. The zero-order valence-electron chi connectivity index (χ0n) is 9.47. The van der Waals surface area contributed by atoms with E-state index in [-0.39, 0.29) is 9.77 Å². The van der Waals surface area contributed by atoms with Crippen molar-refractivity contribution >= 4 is 27.3 Å². The van der Waals surface area contributed by atoms with Crippen LogP contribution in [0, 0.1) is 0 Å². The average molecular weight is 277 g/mol. The molecule has 0 amide bonds. The van der Waals surface area contributed by atoms with Crippen LogP contribution in [0.5, 0.6) is 0 Å². The highest BCUT2D eigenvalue weighted by molar-refractivity contribution is 7.89. The first-order valence-corrected chi connectivity index (χ1v) is 7.65. The summed E-state index contributed by atoms with van der Waals surface area (Å²) in [6.45, 7) is 2.36. The fourth-order valence-corrected chi connectivity index (χ4v) is 3.66. The lowest BCUT2D eigenvalue weighted by Gasteiger charge is -2.05. The van der Waals surface area contributed by atoms with Crippen LogP contribution in [-0.2, 0) is 10.0 Å². The summed E-state index contributed by atoms with van der Waals surface area (Å²) < 4.78 is 26.0. The van der Waals surface area contributed by atoms with Gasteiger partial charge in [0.25, 0.3) is 0 Å². The first kappa shape index (κ1) is 14.1. The van der Waals surface area contributed by atoms with Gasteiger partial charge in [-0.15, -0.1) is 11.3 Å². The number of aromatic carboxylic acids is 1. The Bertz CT molecular complexity index is 478. The number of sulfonamides is 1. The van der Waals surface area contributed by atoms with Crippen molar-refractivity contribution in [2.24, 2.45) is 0 Å². The van der Waals surface area contributed by atoms with Gasteiger partial charge in [0.15, 0.2) is 0 Å². The summed E-state index contributed by atoms with van der Waals surface area (Å²) in [6, 6.07) is 1.32. The third kappa shape index (κ3) is 3.79. The first-order chi connectivity index (χ1) is 7.99. The first-order valence-electron chi connectivity index (χ1n) is 5.29. The van der Waals surface area contributed by atoms with Crippen LogP contribution in [0.3, 0.4) is 0 Å². The number of hydrogen-bond donors (Lipinski definition) is 2. The van der Waals surface area contributed by atoms with Crippen molar-refractivity contribution in [3.05, 3.63) is 16.3 Å². The number of hydrogen-bond acceptors (Lipinski definition) is 4. The molecule has 17 heavy (non-hydrogen) atoms. The van der Waals surface area contributed by atoms with E-state index in [0.717, 1.165) is 30.6 Å². The molecule has 0 fully saturated rings. The minimum atomic E-state index is -3.69. The highest BCUT2D eigenvalue weighted by atomic mass is 32.2. The normalized spacial score (nSPS) is 11.6. The summed E-state index contributed by atoms with van der Waals surface area (Å²) in [5.41, 5.74) is 0. The van der Waals surface area contributed by atoms with Crippen LogP contribution in [0.25, 0.3) is 0 Å². The van der Waals surface area contributed by atoms with E-state index in [0.29, 0.717) is 6.54 Å². The van der Waals surface area contributed by atoms with Gasteiger partial charge in [0.2, 0.25) is 10.0 Å². The maximum atomic E-state index is 11.8. The highest BCUT2D eigenvalue weighted by Gasteiger charge is 2.22. The van der Waals surface area contributed by atoms with Crippen molar-refractivity contribution in [2.45, 2.75) is 31.1 Å². The third-order valence-electron chi connectivity index (χ3n) is 2.19. The predicted octanol–water partition coefficient (Wildman–Crippen LogP) is 1.91. The van der Waals surface area contributed by atoms with Crippen molar-refractivity contribution in [1.29, 1.82) is 0 Å². The molecule has 0 aromatic carbocycles. The summed E-state index contributed by atoms with van der Waals surface area (Å²) >= 11 is 0.910. The average Bonchev–Trinajstić information content (AvgIpc) is 2.74. The van der Waals surface area contributed by atoms with E-state index in [4.69, 9.17) is 5.11 Å². The van der Waals surface area contributed by atoms with Crippen molar-refractivity contribution in [1.82, 2.24) is 4.72 Å². The summed E-state index contributed by atoms with van der Waals surface area (Å²) in [5.74, 6) is -1.21. The van der Waals surface area contributed by atoms with Crippen molar-refractivity contribution < 1.29 is 18.3 Å². The Morgan fingerprint density at radius 1 is 1.47 bits per heavy atom. The fourth-order valence-electron chi connectivity index (χ4n) is 1.32. The number of thiophene rings is 1. The van der Waals surface area contributed by atoms with Crippen LogP contribution in [0.1, 0.15) is 35.9 Å². The summed E-state index contributed by atoms with van der Waals surface area (Å²) in [4.78, 5) is 10.5. The molecule has 0 saturated heterocycles. The number of unbranched alkanes of at least 4 members (excludes halogenated alkanes) is 2. The van der Waals surface area contributed by atoms with Gasteiger partial charge in [-0.05, 0) is 17.9 Å².